The standard InChI is InChI=1S/2C2H4O2.2Na.2H2O/c2*1-2(3)4;;;;/h2*1H3,(H,3,4);;;2*1H2/q;;2*+1;;/p-2. The third-order valence-corrected chi connectivity index (χ3v) is 0. The summed E-state index contributed by atoms with van der Waals surface area (Å²) in [5.41, 5.74) is 0. The zero-order valence-corrected chi connectivity index (χ0v) is 11.6. The van der Waals surface area contributed by atoms with E-state index in [0.717, 1.165) is 13.8 Å². The van der Waals surface area contributed by atoms with Gasteiger partial charge in [-0.2, -0.15) is 0 Å². The summed E-state index contributed by atoms with van der Waals surface area (Å²) in [7, 11) is 0. The van der Waals surface area contributed by atoms with E-state index in [9.17, 15) is 0 Å². The summed E-state index contributed by atoms with van der Waals surface area (Å²) in [6.07, 6.45) is 0. The second-order valence-electron chi connectivity index (χ2n) is 0.983. The topological polar surface area (TPSA) is 143 Å². The molecule has 0 aromatic rings. The van der Waals surface area contributed by atoms with Gasteiger partial charge < -0.3 is 30.8 Å². The van der Waals surface area contributed by atoms with Crippen LogP contribution in [0.25, 0.3) is 0 Å². The van der Waals surface area contributed by atoms with E-state index in [0.29, 0.717) is 0 Å². The molecule has 8 heteroatoms. The predicted molar refractivity (Wildman–Crippen MR) is 28.6 cm³/mol. The van der Waals surface area contributed by atoms with Crippen LogP contribution in [0.4, 0.5) is 0 Å². The molecule has 0 aromatic heterocycles. The van der Waals surface area contributed by atoms with Gasteiger partial charge in [-0.1, -0.05) is 0 Å². The molecule has 0 aliphatic carbocycles. The van der Waals surface area contributed by atoms with Gasteiger partial charge >= 0.3 is 59.1 Å². The van der Waals surface area contributed by atoms with Gasteiger partial charge in [-0.3, -0.25) is 0 Å². The Morgan fingerprint density at radius 2 is 0.833 bits per heavy atom. The predicted octanol–water partition coefficient (Wildman–Crippen LogP) is -10.1. The molecule has 0 rings (SSSR count). The van der Waals surface area contributed by atoms with Gasteiger partial charge in [0.1, 0.15) is 0 Å². The van der Waals surface area contributed by atoms with Crippen LogP contribution in [0.3, 0.4) is 0 Å². The van der Waals surface area contributed by atoms with E-state index >= 15 is 0 Å². The average Bonchev–Trinajstić information content (AvgIpc) is 1.25. The minimum Gasteiger partial charge on any atom is -0.550 e. The molecular weight excluding hydrogens is 190 g/mol. The molecule has 0 atom stereocenters. The third kappa shape index (κ3) is 1430. The summed E-state index contributed by atoms with van der Waals surface area (Å²) in [5.74, 6) is -2.17. The Balaban J connectivity index is -0.0000000112. The van der Waals surface area contributed by atoms with Gasteiger partial charge in [0.25, 0.3) is 0 Å². The molecule has 0 unspecified atom stereocenters. The summed E-state index contributed by atoms with van der Waals surface area (Å²) >= 11 is 0. The van der Waals surface area contributed by atoms with Crippen molar-refractivity contribution in [3.05, 3.63) is 0 Å². The minimum absolute atomic E-state index is 0. The van der Waals surface area contributed by atoms with E-state index in [1.54, 1.807) is 0 Å². The zero-order valence-electron chi connectivity index (χ0n) is 7.63. The molecule has 0 aromatic carbocycles. The first-order valence-electron chi connectivity index (χ1n) is 1.82. The Labute approximate surface area is 115 Å². The molecule has 0 spiro atoms. The van der Waals surface area contributed by atoms with Gasteiger partial charge in [-0.05, 0) is 13.8 Å². The summed E-state index contributed by atoms with van der Waals surface area (Å²) in [6, 6.07) is 0. The van der Waals surface area contributed by atoms with Gasteiger partial charge in [0.15, 0.2) is 0 Å². The summed E-state index contributed by atoms with van der Waals surface area (Å²) in [5, 5.41) is 17.8. The molecule has 0 amide bonds. The zero-order chi connectivity index (χ0) is 7.15. The average molecular weight is 200 g/mol. The summed E-state index contributed by atoms with van der Waals surface area (Å²) < 4.78 is 0. The molecule has 4 N–H and O–H groups in total. The van der Waals surface area contributed by atoms with Crippen LogP contribution in [-0.4, -0.2) is 22.9 Å². The quantitative estimate of drug-likeness (QED) is 0.357. The maximum absolute atomic E-state index is 8.89. The Morgan fingerprint density at radius 1 is 0.833 bits per heavy atom. The number of carbonyl (C=O) groups excluding carboxylic acids is 2. The molecule has 6 nitrogen and oxygen atoms in total. The normalized spacial score (nSPS) is 4.17. The number of carboxylic acid groups (broad SMARTS) is 2. The second-order valence-corrected chi connectivity index (χ2v) is 0.983. The van der Waals surface area contributed by atoms with Gasteiger partial charge in [0, 0.05) is 11.9 Å². The SMILES string of the molecule is CC(=O)[O-].CC(=O)[O-].O.O.[Na+].[Na+]. The van der Waals surface area contributed by atoms with Crippen molar-refractivity contribution >= 4 is 11.9 Å². The van der Waals surface area contributed by atoms with Crippen molar-refractivity contribution < 1.29 is 89.9 Å². The Kier molecular flexibility index (Phi) is 95.2. The van der Waals surface area contributed by atoms with Crippen LogP contribution in [0, 0.1) is 0 Å². The van der Waals surface area contributed by atoms with Crippen LogP contribution in [0.1, 0.15) is 13.8 Å². The van der Waals surface area contributed by atoms with E-state index < -0.39 is 11.9 Å². The third-order valence-electron chi connectivity index (χ3n) is 0. The van der Waals surface area contributed by atoms with Crippen molar-refractivity contribution in [3.8, 4) is 0 Å². The minimum atomic E-state index is -1.08. The second kappa shape index (κ2) is 29.7. The molecule has 12 heavy (non-hydrogen) atoms. The van der Waals surface area contributed by atoms with Crippen molar-refractivity contribution in [1.82, 2.24) is 0 Å². The van der Waals surface area contributed by atoms with Crippen LogP contribution in [0.5, 0.6) is 0 Å². The molecule has 0 fully saturated rings. The molecule has 0 aliphatic rings. The van der Waals surface area contributed by atoms with Gasteiger partial charge in [-0.15, -0.1) is 0 Å². The number of hydrogen-bond donors (Lipinski definition) is 0. The van der Waals surface area contributed by atoms with Crippen molar-refractivity contribution in [3.63, 3.8) is 0 Å². The van der Waals surface area contributed by atoms with E-state index in [1.165, 1.54) is 0 Å². The largest absolute Gasteiger partial charge is 1.00 e. The molecule has 0 heterocycles. The molecule has 0 radical (unpaired) electrons. The first-order chi connectivity index (χ1) is 3.46. The summed E-state index contributed by atoms with van der Waals surface area (Å²) in [6.45, 7) is 1.94. The van der Waals surface area contributed by atoms with Gasteiger partial charge in [-0.25, -0.2) is 0 Å². The van der Waals surface area contributed by atoms with E-state index in [-0.39, 0.29) is 70.1 Å². The van der Waals surface area contributed by atoms with E-state index in [4.69, 9.17) is 19.8 Å². The van der Waals surface area contributed by atoms with Crippen LogP contribution >= 0.6 is 0 Å². The Morgan fingerprint density at radius 3 is 0.833 bits per heavy atom. The van der Waals surface area contributed by atoms with Crippen LogP contribution in [0.2, 0.25) is 0 Å². The molecule has 0 saturated carbocycles. The van der Waals surface area contributed by atoms with E-state index in [1.807, 2.05) is 0 Å². The number of rotatable bonds is 0. The molecule has 0 bridgehead atoms. The first kappa shape index (κ1) is 38.4. The number of aliphatic carboxylic acids is 2. The monoisotopic (exact) mass is 200 g/mol. The fraction of sp³-hybridized carbons (Fsp3) is 0.500. The van der Waals surface area contributed by atoms with Gasteiger partial charge in [0.05, 0.1) is 0 Å². The molecule has 0 saturated heterocycles. The fourth-order valence-electron chi connectivity index (χ4n) is 0. The van der Waals surface area contributed by atoms with Gasteiger partial charge in [0.2, 0.25) is 0 Å². The maximum Gasteiger partial charge on any atom is 1.00 e. The smallest absolute Gasteiger partial charge is 0.550 e. The fourth-order valence-corrected chi connectivity index (χ4v) is 0. The molecule has 0 aliphatic heterocycles. The summed E-state index contributed by atoms with van der Waals surface area (Å²) in [4.78, 5) is 17.8. The number of carboxylic acids is 2. The van der Waals surface area contributed by atoms with Crippen LogP contribution in [0.15, 0.2) is 0 Å². The Hall–Kier alpha value is 0.860. The number of hydrogen-bond acceptors (Lipinski definition) is 4. The van der Waals surface area contributed by atoms with Crippen LogP contribution in [-0.2, 0) is 9.59 Å². The Bertz CT molecular complexity index is 75.5. The van der Waals surface area contributed by atoms with Crippen molar-refractivity contribution in [2.24, 2.45) is 0 Å². The van der Waals surface area contributed by atoms with Crippen molar-refractivity contribution in [2.75, 3.05) is 0 Å². The van der Waals surface area contributed by atoms with Crippen LogP contribution < -0.4 is 69.3 Å². The molecular formula is C4H10Na2O6. The molecule has 64 valence electrons. The van der Waals surface area contributed by atoms with Crippen molar-refractivity contribution in [1.29, 1.82) is 0 Å². The first-order valence-corrected chi connectivity index (χ1v) is 1.82. The van der Waals surface area contributed by atoms with Crippen molar-refractivity contribution in [2.45, 2.75) is 13.8 Å². The van der Waals surface area contributed by atoms with E-state index in [2.05, 4.69) is 0 Å². The number of carbonyl (C=O) groups is 2. The maximum atomic E-state index is 8.89.